The Morgan fingerprint density at radius 3 is 2.40 bits per heavy atom. The molecule has 0 bridgehead atoms. The molecule has 4 rings (SSSR count). The van der Waals surface area contributed by atoms with Crippen LogP contribution in [-0.2, 0) is 29.6 Å². The van der Waals surface area contributed by atoms with E-state index >= 15 is 0 Å². The molecule has 1 aromatic heterocycles. The van der Waals surface area contributed by atoms with E-state index in [1.54, 1.807) is 34.9 Å². The zero-order valence-corrected chi connectivity index (χ0v) is 25.8. The first-order valence-corrected chi connectivity index (χ1v) is 16.0. The van der Waals surface area contributed by atoms with Crippen LogP contribution >= 0.6 is 23.2 Å². The minimum atomic E-state index is -3.73. The summed E-state index contributed by atoms with van der Waals surface area (Å²) in [5, 5.41) is 0.603. The van der Waals surface area contributed by atoms with Crippen molar-refractivity contribution in [3.63, 3.8) is 0 Å². The maximum absolute atomic E-state index is 13.8. The maximum atomic E-state index is 13.8. The molecule has 0 spiro atoms. The van der Waals surface area contributed by atoms with Crippen molar-refractivity contribution in [3.8, 4) is 16.9 Å². The van der Waals surface area contributed by atoms with Crippen molar-refractivity contribution < 1.29 is 17.9 Å². The number of nitrogens with one attached hydrogen (secondary N) is 1. The van der Waals surface area contributed by atoms with Crippen molar-refractivity contribution in [1.29, 1.82) is 0 Å². The Bertz CT molecular complexity index is 1770. The third-order valence-electron chi connectivity index (χ3n) is 6.59. The van der Waals surface area contributed by atoms with E-state index < -0.39 is 15.9 Å². The van der Waals surface area contributed by atoms with Crippen LogP contribution in [0.25, 0.3) is 11.1 Å². The summed E-state index contributed by atoms with van der Waals surface area (Å²) in [4.78, 5) is 30.9. The van der Waals surface area contributed by atoms with Gasteiger partial charge in [-0.3, -0.25) is 14.2 Å². The summed E-state index contributed by atoms with van der Waals surface area (Å²) in [6.45, 7) is 4.32. The van der Waals surface area contributed by atoms with E-state index in [2.05, 4.69) is 6.92 Å². The SMILES string of the molecule is CCCCc1nc(C)c(-c2ccccc2Cl)c(=O)n1Cc1ccc(OCc2cccc(C(=O)NS(C)(=O)=O)c2Cl)cc1. The van der Waals surface area contributed by atoms with E-state index in [1.807, 2.05) is 42.0 Å². The van der Waals surface area contributed by atoms with Crippen molar-refractivity contribution in [2.45, 2.75) is 46.3 Å². The van der Waals surface area contributed by atoms with Gasteiger partial charge in [0, 0.05) is 22.6 Å². The molecule has 0 saturated carbocycles. The number of sulfonamides is 1. The first-order chi connectivity index (χ1) is 20.0. The van der Waals surface area contributed by atoms with Gasteiger partial charge in [-0.15, -0.1) is 0 Å². The monoisotopic (exact) mass is 627 g/mol. The third kappa shape index (κ3) is 7.59. The quantitative estimate of drug-likeness (QED) is 0.213. The number of rotatable bonds is 11. The molecule has 1 amide bonds. The highest BCUT2D eigenvalue weighted by Crippen LogP contribution is 2.28. The van der Waals surface area contributed by atoms with Crippen LogP contribution in [-0.4, -0.2) is 30.1 Å². The smallest absolute Gasteiger partial charge is 0.266 e. The number of carbonyl (C=O) groups excluding carboxylic acids is 1. The van der Waals surface area contributed by atoms with Crippen LogP contribution in [0.15, 0.2) is 71.5 Å². The number of carbonyl (C=O) groups is 1. The molecule has 4 aromatic rings. The van der Waals surface area contributed by atoms with Crippen molar-refractivity contribution in [3.05, 3.63) is 115 Å². The average molecular weight is 629 g/mol. The minimum Gasteiger partial charge on any atom is -0.489 e. The van der Waals surface area contributed by atoms with Crippen LogP contribution < -0.4 is 15.0 Å². The normalized spacial score (nSPS) is 11.4. The molecule has 0 aliphatic rings. The second-order valence-corrected chi connectivity index (χ2v) is 12.4. The molecule has 0 aliphatic carbocycles. The lowest BCUT2D eigenvalue weighted by molar-refractivity contribution is 0.0981. The molecule has 0 atom stereocenters. The number of aromatic nitrogens is 2. The second kappa shape index (κ2) is 13.5. The minimum absolute atomic E-state index is 0.0331. The molecule has 220 valence electrons. The largest absolute Gasteiger partial charge is 0.489 e. The molecule has 11 heteroatoms. The zero-order valence-electron chi connectivity index (χ0n) is 23.5. The topological polar surface area (TPSA) is 107 Å². The van der Waals surface area contributed by atoms with Crippen LogP contribution in [0.2, 0.25) is 10.0 Å². The summed E-state index contributed by atoms with van der Waals surface area (Å²) in [5.41, 5.74) is 3.09. The van der Waals surface area contributed by atoms with Gasteiger partial charge in [0.15, 0.2) is 0 Å². The van der Waals surface area contributed by atoms with Crippen molar-refractivity contribution in [2.24, 2.45) is 0 Å². The Kier molecular flexibility index (Phi) is 10.1. The summed E-state index contributed by atoms with van der Waals surface area (Å²) in [6.07, 6.45) is 3.45. The second-order valence-electron chi connectivity index (χ2n) is 9.88. The molecular weight excluding hydrogens is 597 g/mol. The predicted octanol–water partition coefficient (Wildman–Crippen LogP) is 6.18. The van der Waals surface area contributed by atoms with Crippen LogP contribution in [0.1, 0.15) is 52.8 Å². The van der Waals surface area contributed by atoms with E-state index in [-0.39, 0.29) is 22.8 Å². The van der Waals surface area contributed by atoms with Gasteiger partial charge < -0.3 is 4.74 Å². The Morgan fingerprint density at radius 2 is 1.74 bits per heavy atom. The fourth-order valence-corrected chi connectivity index (χ4v) is 5.45. The molecule has 42 heavy (non-hydrogen) atoms. The molecule has 0 radical (unpaired) electrons. The van der Waals surface area contributed by atoms with E-state index in [4.69, 9.17) is 32.9 Å². The van der Waals surface area contributed by atoms with Gasteiger partial charge in [0.25, 0.3) is 11.5 Å². The van der Waals surface area contributed by atoms with Crippen LogP contribution in [0.3, 0.4) is 0 Å². The Hall–Kier alpha value is -3.66. The van der Waals surface area contributed by atoms with Crippen LogP contribution in [0, 0.1) is 6.92 Å². The summed E-state index contributed by atoms with van der Waals surface area (Å²) in [6, 6.07) is 19.3. The predicted molar refractivity (Wildman–Crippen MR) is 166 cm³/mol. The highest BCUT2D eigenvalue weighted by atomic mass is 35.5. The van der Waals surface area contributed by atoms with Crippen LogP contribution in [0.5, 0.6) is 5.75 Å². The van der Waals surface area contributed by atoms with Gasteiger partial charge in [-0.05, 0) is 43.2 Å². The number of hydrogen-bond donors (Lipinski definition) is 1. The fraction of sp³-hybridized carbons (Fsp3) is 0.258. The van der Waals surface area contributed by atoms with E-state index in [9.17, 15) is 18.0 Å². The number of nitrogens with zero attached hydrogens (tertiary/aromatic N) is 2. The Labute approximate surface area is 255 Å². The van der Waals surface area contributed by atoms with E-state index in [0.29, 0.717) is 46.1 Å². The number of hydrogen-bond acceptors (Lipinski definition) is 6. The molecule has 0 aliphatic heterocycles. The molecule has 3 aromatic carbocycles. The molecule has 0 saturated heterocycles. The Balaban J connectivity index is 1.55. The number of ether oxygens (including phenoxy) is 1. The van der Waals surface area contributed by atoms with Crippen molar-refractivity contribution in [2.75, 3.05) is 6.26 Å². The van der Waals surface area contributed by atoms with Gasteiger partial charge in [-0.1, -0.05) is 79.0 Å². The zero-order chi connectivity index (χ0) is 30.4. The van der Waals surface area contributed by atoms with E-state index in [0.717, 1.165) is 30.5 Å². The number of unbranched alkanes of at least 4 members (excludes halogenated alkanes) is 1. The lowest BCUT2D eigenvalue weighted by Crippen LogP contribution is -2.29. The molecule has 1 heterocycles. The fourth-order valence-electron chi connectivity index (χ4n) is 4.50. The molecule has 1 N–H and O–H groups in total. The lowest BCUT2D eigenvalue weighted by Gasteiger charge is -2.17. The molecule has 0 unspecified atom stereocenters. The van der Waals surface area contributed by atoms with Gasteiger partial charge in [0.1, 0.15) is 18.2 Å². The van der Waals surface area contributed by atoms with Gasteiger partial charge in [-0.25, -0.2) is 18.1 Å². The highest BCUT2D eigenvalue weighted by molar-refractivity contribution is 7.89. The summed E-state index contributed by atoms with van der Waals surface area (Å²) in [5.74, 6) is 0.466. The van der Waals surface area contributed by atoms with Crippen LogP contribution in [0.4, 0.5) is 0 Å². The molecule has 0 fully saturated rings. The lowest BCUT2D eigenvalue weighted by atomic mass is 10.0. The number of halogens is 2. The van der Waals surface area contributed by atoms with Crippen molar-refractivity contribution in [1.82, 2.24) is 14.3 Å². The first-order valence-electron chi connectivity index (χ1n) is 13.3. The maximum Gasteiger partial charge on any atom is 0.266 e. The van der Waals surface area contributed by atoms with E-state index in [1.165, 1.54) is 6.07 Å². The van der Waals surface area contributed by atoms with Gasteiger partial charge in [0.2, 0.25) is 10.0 Å². The highest BCUT2D eigenvalue weighted by Gasteiger charge is 2.19. The van der Waals surface area contributed by atoms with Gasteiger partial charge in [-0.2, -0.15) is 0 Å². The number of aryl methyl sites for hydroxylation is 2. The number of benzene rings is 3. The average Bonchev–Trinajstić information content (AvgIpc) is 2.93. The van der Waals surface area contributed by atoms with Crippen molar-refractivity contribution >= 4 is 39.1 Å². The first kappa shape index (κ1) is 31.3. The van der Waals surface area contributed by atoms with Gasteiger partial charge in [0.05, 0.1) is 34.6 Å². The summed E-state index contributed by atoms with van der Waals surface area (Å²) in [7, 11) is -3.73. The molecule has 8 nitrogen and oxygen atoms in total. The molecular formula is C31H31Cl2N3O5S. The van der Waals surface area contributed by atoms with Gasteiger partial charge >= 0.3 is 0 Å². The summed E-state index contributed by atoms with van der Waals surface area (Å²) < 4.78 is 32.4. The number of amides is 1. The Morgan fingerprint density at radius 1 is 1.02 bits per heavy atom. The standard InChI is InChI=1S/C31H31Cl2N3O5S/c1-4-5-13-27-34-20(2)28(24-10-6-7-12-26(24)32)31(38)36(27)18-21-14-16-23(17-15-21)41-19-22-9-8-11-25(29(22)33)30(37)35-42(3,39)40/h6-12,14-17H,4-5,13,18-19H2,1-3H3,(H,35,37). The summed E-state index contributed by atoms with van der Waals surface area (Å²) >= 11 is 12.8. The third-order valence-corrected chi connectivity index (χ3v) is 7.92.